The van der Waals surface area contributed by atoms with E-state index in [0.717, 1.165) is 16.7 Å². The first-order valence-corrected chi connectivity index (χ1v) is 6.72. The van der Waals surface area contributed by atoms with Crippen molar-refractivity contribution in [3.63, 3.8) is 0 Å². The lowest BCUT2D eigenvalue weighted by atomic mass is 9.89. The van der Waals surface area contributed by atoms with Crippen LogP contribution < -0.4 is 5.32 Å². The van der Waals surface area contributed by atoms with Gasteiger partial charge in [0.05, 0.1) is 0 Å². The van der Waals surface area contributed by atoms with Crippen LogP contribution in [0.5, 0.6) is 0 Å². The van der Waals surface area contributed by atoms with Gasteiger partial charge in [-0.3, -0.25) is 0 Å². The molecule has 18 heavy (non-hydrogen) atoms. The Morgan fingerprint density at radius 1 is 1.17 bits per heavy atom. The number of nitrogens with one attached hydrogen (secondary N) is 1. The fourth-order valence-corrected chi connectivity index (χ4v) is 3.35. The zero-order chi connectivity index (χ0) is 13.3. The van der Waals surface area contributed by atoms with Crippen molar-refractivity contribution in [1.29, 1.82) is 0 Å². The van der Waals surface area contributed by atoms with Crippen molar-refractivity contribution in [3.8, 4) is 0 Å². The lowest BCUT2D eigenvalue weighted by molar-refractivity contribution is 0.174. The fraction of sp³-hybridized carbons (Fsp3) is 0.846. The maximum Gasteiger partial charge on any atom is 0.327 e. The molecule has 2 saturated carbocycles. The molecule has 2 aliphatic rings. The van der Waals surface area contributed by atoms with Crippen LogP contribution in [0.2, 0.25) is 0 Å². The van der Waals surface area contributed by atoms with Crippen molar-refractivity contribution in [3.05, 3.63) is 0 Å². The molecule has 2 rings (SSSR count). The molecule has 0 spiro atoms. The van der Waals surface area contributed by atoms with Gasteiger partial charge < -0.3 is 10.2 Å². The van der Waals surface area contributed by atoms with E-state index >= 15 is 0 Å². The fourth-order valence-electron chi connectivity index (χ4n) is 3.35. The first-order chi connectivity index (χ1) is 8.49. The third-order valence-corrected chi connectivity index (χ3v) is 4.37. The second kappa shape index (κ2) is 5.16. The predicted molar refractivity (Wildman–Crippen MR) is 69.2 cm³/mol. The van der Waals surface area contributed by atoms with Gasteiger partial charge in [-0.2, -0.15) is 0 Å². The number of nitrogens with zero attached hydrogens (tertiary/aromatic N) is 2. The zero-order valence-electron chi connectivity index (χ0n) is 11.5. The molecule has 0 aromatic rings. The second-order valence-electron chi connectivity index (χ2n) is 5.86. The Hall–Kier alpha value is -1.26. The molecule has 3 unspecified atom stereocenters. The van der Waals surface area contributed by atoms with Gasteiger partial charge in [-0.25, -0.2) is 14.5 Å². The molecule has 2 fully saturated rings. The summed E-state index contributed by atoms with van der Waals surface area (Å²) in [5.74, 6) is 2.30. The van der Waals surface area contributed by atoms with Gasteiger partial charge in [-0.1, -0.05) is 6.42 Å². The van der Waals surface area contributed by atoms with Crippen molar-refractivity contribution in [2.45, 2.75) is 25.7 Å². The monoisotopic (exact) mass is 253 g/mol. The van der Waals surface area contributed by atoms with Gasteiger partial charge in [0.15, 0.2) is 0 Å². The number of carbonyl (C=O) groups excluding carboxylic acids is 2. The number of hydrogen-bond donors (Lipinski definition) is 1. The third kappa shape index (κ3) is 2.60. The highest BCUT2D eigenvalue weighted by Crippen LogP contribution is 2.47. The number of rotatable bonds is 2. The summed E-state index contributed by atoms with van der Waals surface area (Å²) in [7, 11) is 4.79. The first kappa shape index (κ1) is 13.2. The van der Waals surface area contributed by atoms with Crippen molar-refractivity contribution in [2.75, 3.05) is 27.7 Å². The minimum absolute atomic E-state index is 0.291. The Balaban J connectivity index is 1.76. The highest BCUT2D eigenvalue weighted by atomic mass is 16.2. The minimum atomic E-state index is -0.295. The first-order valence-electron chi connectivity index (χ1n) is 6.72. The normalized spacial score (nSPS) is 29.2. The molecule has 0 saturated heterocycles. The second-order valence-corrected chi connectivity index (χ2v) is 5.86. The average molecular weight is 253 g/mol. The van der Waals surface area contributed by atoms with E-state index in [-0.39, 0.29) is 12.1 Å². The molecular weight excluding hydrogens is 230 g/mol. The van der Waals surface area contributed by atoms with Gasteiger partial charge in [0.1, 0.15) is 0 Å². The Bertz CT molecular complexity index is 343. The van der Waals surface area contributed by atoms with E-state index in [9.17, 15) is 9.59 Å². The molecule has 0 aliphatic heterocycles. The Morgan fingerprint density at radius 2 is 1.89 bits per heavy atom. The smallest absolute Gasteiger partial charge is 0.327 e. The molecule has 3 atom stereocenters. The maximum absolute atomic E-state index is 11.8. The quantitative estimate of drug-likeness (QED) is 0.815. The number of urea groups is 2. The summed E-state index contributed by atoms with van der Waals surface area (Å²) in [5.41, 5.74) is 0. The highest BCUT2D eigenvalue weighted by Gasteiger charge is 2.39. The van der Waals surface area contributed by atoms with Gasteiger partial charge >= 0.3 is 12.1 Å². The molecule has 5 heteroatoms. The number of fused-ring (bicyclic) bond motifs is 2. The number of amides is 4. The average Bonchev–Trinajstić information content (AvgIpc) is 2.95. The van der Waals surface area contributed by atoms with Gasteiger partial charge in [-0.15, -0.1) is 0 Å². The zero-order valence-corrected chi connectivity index (χ0v) is 11.5. The number of hydrogen-bond acceptors (Lipinski definition) is 2. The van der Waals surface area contributed by atoms with Crippen LogP contribution in [-0.4, -0.2) is 49.5 Å². The molecule has 0 aromatic heterocycles. The molecular formula is C13H23N3O2. The van der Waals surface area contributed by atoms with E-state index in [0.29, 0.717) is 12.5 Å². The van der Waals surface area contributed by atoms with Crippen molar-refractivity contribution >= 4 is 12.1 Å². The van der Waals surface area contributed by atoms with Gasteiger partial charge in [0, 0.05) is 27.7 Å². The predicted octanol–water partition coefficient (Wildman–Crippen LogP) is 1.75. The van der Waals surface area contributed by atoms with Crippen molar-refractivity contribution in [1.82, 2.24) is 15.1 Å². The molecule has 0 radical (unpaired) electrons. The van der Waals surface area contributed by atoms with Crippen LogP contribution in [0.4, 0.5) is 9.59 Å². The lowest BCUT2D eigenvalue weighted by Crippen LogP contribution is -2.47. The molecule has 0 aromatic carbocycles. The molecule has 102 valence electrons. The number of imide groups is 1. The van der Waals surface area contributed by atoms with Crippen LogP contribution in [0.15, 0.2) is 0 Å². The van der Waals surface area contributed by atoms with Crippen LogP contribution >= 0.6 is 0 Å². The van der Waals surface area contributed by atoms with Crippen molar-refractivity contribution in [2.24, 2.45) is 17.8 Å². The summed E-state index contributed by atoms with van der Waals surface area (Å²) < 4.78 is 0. The molecule has 2 aliphatic carbocycles. The van der Waals surface area contributed by atoms with Crippen LogP contribution in [0.3, 0.4) is 0 Å². The van der Waals surface area contributed by atoms with Gasteiger partial charge in [0.2, 0.25) is 0 Å². The summed E-state index contributed by atoms with van der Waals surface area (Å²) >= 11 is 0. The molecule has 4 amide bonds. The Morgan fingerprint density at radius 3 is 2.39 bits per heavy atom. The van der Waals surface area contributed by atoms with E-state index in [1.54, 1.807) is 14.1 Å². The standard InChI is InChI=1S/C13H23N3O2/c1-15(2)13(18)16(3)12(17)14-8-11-7-9-4-5-10(11)6-9/h9-11H,4-8H2,1-3H3,(H,14,17). The maximum atomic E-state index is 11.8. The highest BCUT2D eigenvalue weighted by molar-refractivity contribution is 5.92. The van der Waals surface area contributed by atoms with Crippen LogP contribution in [0.25, 0.3) is 0 Å². The van der Waals surface area contributed by atoms with Crippen LogP contribution in [-0.2, 0) is 0 Å². The summed E-state index contributed by atoms with van der Waals surface area (Å²) in [4.78, 5) is 26.0. The summed E-state index contributed by atoms with van der Waals surface area (Å²) in [6, 6.07) is -0.586. The van der Waals surface area contributed by atoms with E-state index in [1.165, 1.54) is 37.6 Å². The number of carbonyl (C=O) groups is 2. The Kier molecular flexibility index (Phi) is 3.78. The largest absolute Gasteiger partial charge is 0.337 e. The van der Waals surface area contributed by atoms with Crippen LogP contribution in [0.1, 0.15) is 25.7 Å². The van der Waals surface area contributed by atoms with E-state index in [1.807, 2.05) is 0 Å². The summed E-state index contributed by atoms with van der Waals surface area (Å²) in [5, 5.41) is 2.88. The van der Waals surface area contributed by atoms with Gasteiger partial charge in [0.25, 0.3) is 0 Å². The minimum Gasteiger partial charge on any atom is -0.337 e. The summed E-state index contributed by atoms with van der Waals surface area (Å²) in [6.07, 6.45) is 5.27. The van der Waals surface area contributed by atoms with E-state index < -0.39 is 0 Å². The van der Waals surface area contributed by atoms with Crippen molar-refractivity contribution < 1.29 is 9.59 Å². The van der Waals surface area contributed by atoms with E-state index in [4.69, 9.17) is 0 Å². The summed E-state index contributed by atoms with van der Waals surface area (Å²) in [6.45, 7) is 0.713. The Labute approximate surface area is 108 Å². The molecule has 2 bridgehead atoms. The topological polar surface area (TPSA) is 52.7 Å². The molecule has 5 nitrogen and oxygen atoms in total. The molecule has 0 heterocycles. The van der Waals surface area contributed by atoms with Crippen LogP contribution in [0, 0.1) is 17.8 Å². The SMILES string of the molecule is CN(C)C(=O)N(C)C(=O)NCC1CC2CCC1C2. The van der Waals surface area contributed by atoms with Gasteiger partial charge in [-0.05, 0) is 37.0 Å². The lowest BCUT2D eigenvalue weighted by Gasteiger charge is -2.24. The molecule has 1 N–H and O–H groups in total. The van der Waals surface area contributed by atoms with E-state index in [2.05, 4.69) is 5.32 Å². The third-order valence-electron chi connectivity index (χ3n) is 4.37.